The predicted molar refractivity (Wildman–Crippen MR) is 119 cm³/mol. The second kappa shape index (κ2) is 7.96. The van der Waals surface area contributed by atoms with Gasteiger partial charge < -0.3 is 15.6 Å². The zero-order valence-corrected chi connectivity index (χ0v) is 19.5. The maximum atomic E-state index is 13.3. The van der Waals surface area contributed by atoms with Gasteiger partial charge in [-0.25, -0.2) is 13.4 Å². The quantitative estimate of drug-likeness (QED) is 0.664. The van der Waals surface area contributed by atoms with Gasteiger partial charge in [0, 0.05) is 26.1 Å². The van der Waals surface area contributed by atoms with Gasteiger partial charge in [0.2, 0.25) is 5.91 Å². The van der Waals surface area contributed by atoms with E-state index in [2.05, 4.69) is 30.7 Å². The van der Waals surface area contributed by atoms with E-state index in [9.17, 15) is 13.2 Å². The first-order valence-corrected chi connectivity index (χ1v) is 12.1. The number of carbonyl (C=O) groups excluding carboxylic acids is 1. The Bertz CT molecular complexity index is 1040. The lowest BCUT2D eigenvalue weighted by molar-refractivity contribution is -0.122. The maximum Gasteiger partial charge on any atom is 0.241 e. The van der Waals surface area contributed by atoms with Gasteiger partial charge >= 0.3 is 0 Å². The molecule has 0 aliphatic heterocycles. The second-order valence-electron chi connectivity index (χ2n) is 10.0. The highest BCUT2D eigenvalue weighted by Gasteiger charge is 2.42. The van der Waals surface area contributed by atoms with Gasteiger partial charge in [0.25, 0.3) is 0 Å². The van der Waals surface area contributed by atoms with Crippen molar-refractivity contribution >= 4 is 26.8 Å². The summed E-state index contributed by atoms with van der Waals surface area (Å²) in [5.74, 6) is 1.11. The number of rotatable bonds is 8. The van der Waals surface area contributed by atoms with Crippen LogP contribution in [0.3, 0.4) is 0 Å². The van der Waals surface area contributed by atoms with E-state index in [1.54, 1.807) is 12.1 Å². The molecule has 7 nitrogen and oxygen atoms in total. The molecule has 1 aliphatic rings. The first kappa shape index (κ1) is 22.7. The van der Waals surface area contributed by atoms with Gasteiger partial charge in [0.1, 0.15) is 10.6 Å². The van der Waals surface area contributed by atoms with Crippen LogP contribution >= 0.6 is 0 Å². The molecule has 166 valence electrons. The number of sulfone groups is 1. The Kier molecular flexibility index (Phi) is 6.04. The second-order valence-corrected chi connectivity index (χ2v) is 12.5. The lowest BCUT2D eigenvalue weighted by Gasteiger charge is -2.23. The number of carbonyl (C=O) groups is 1. The third-order valence-corrected chi connectivity index (χ3v) is 7.99. The summed E-state index contributed by atoms with van der Waals surface area (Å²) in [4.78, 5) is 17.4. The van der Waals surface area contributed by atoms with Gasteiger partial charge in [0.15, 0.2) is 9.84 Å². The van der Waals surface area contributed by atoms with Crippen molar-refractivity contribution in [2.75, 3.05) is 13.1 Å². The summed E-state index contributed by atoms with van der Waals surface area (Å²) < 4.78 is 27.2. The van der Waals surface area contributed by atoms with E-state index in [1.807, 2.05) is 6.07 Å². The Balaban J connectivity index is 2.02. The van der Waals surface area contributed by atoms with Crippen molar-refractivity contribution in [2.24, 2.45) is 17.1 Å². The molecule has 1 amide bonds. The van der Waals surface area contributed by atoms with Crippen molar-refractivity contribution in [1.29, 1.82) is 0 Å². The van der Waals surface area contributed by atoms with Crippen LogP contribution in [0.5, 0.6) is 0 Å². The number of nitrogens with zero attached hydrogens (tertiary/aromatic N) is 2. The van der Waals surface area contributed by atoms with Crippen molar-refractivity contribution < 1.29 is 13.2 Å². The van der Waals surface area contributed by atoms with Crippen LogP contribution in [0, 0.1) is 11.3 Å². The number of aromatic nitrogens is 2. The molecule has 0 saturated heterocycles. The number of amides is 1. The SMILES string of the molecule is CC(C)(C)Cc1nc2cc(S(=O)(=O)C(C)(C)C(=O)NCCN)ccc2n1CC1CC1. The molecule has 0 bridgehead atoms. The van der Waals surface area contributed by atoms with Crippen LogP contribution in [-0.2, 0) is 27.6 Å². The Labute approximate surface area is 179 Å². The molecule has 2 aromatic rings. The summed E-state index contributed by atoms with van der Waals surface area (Å²) in [6.45, 7) is 10.8. The number of fused-ring (bicyclic) bond motifs is 1. The molecule has 0 unspecified atom stereocenters. The third-order valence-electron chi connectivity index (χ3n) is 5.58. The maximum absolute atomic E-state index is 13.3. The molecule has 0 radical (unpaired) electrons. The van der Waals surface area contributed by atoms with Crippen LogP contribution in [0.1, 0.15) is 53.3 Å². The van der Waals surface area contributed by atoms with Crippen LogP contribution in [-0.4, -0.2) is 41.7 Å². The lowest BCUT2D eigenvalue weighted by atomic mass is 9.92. The number of hydrogen-bond acceptors (Lipinski definition) is 5. The fourth-order valence-corrected chi connectivity index (χ4v) is 4.93. The highest BCUT2D eigenvalue weighted by molar-refractivity contribution is 7.93. The number of nitrogens with one attached hydrogen (secondary N) is 1. The first-order valence-electron chi connectivity index (χ1n) is 10.6. The van der Waals surface area contributed by atoms with Crippen molar-refractivity contribution in [3.05, 3.63) is 24.0 Å². The van der Waals surface area contributed by atoms with E-state index < -0.39 is 20.5 Å². The Morgan fingerprint density at radius 3 is 2.47 bits per heavy atom. The minimum atomic E-state index is -3.91. The fourth-order valence-electron chi connectivity index (χ4n) is 3.51. The van der Waals surface area contributed by atoms with Crippen molar-refractivity contribution in [3.63, 3.8) is 0 Å². The van der Waals surface area contributed by atoms with Crippen LogP contribution in [0.15, 0.2) is 23.1 Å². The number of imidazole rings is 1. The van der Waals surface area contributed by atoms with Crippen molar-refractivity contribution in [2.45, 2.75) is 70.1 Å². The lowest BCUT2D eigenvalue weighted by Crippen LogP contribution is -2.49. The van der Waals surface area contributed by atoms with E-state index in [-0.39, 0.29) is 23.4 Å². The molecular formula is C22H34N4O3S. The molecule has 3 rings (SSSR count). The van der Waals surface area contributed by atoms with Gasteiger partial charge in [0.05, 0.1) is 15.9 Å². The summed E-state index contributed by atoms with van der Waals surface area (Å²) in [5, 5.41) is 2.59. The molecule has 1 aromatic carbocycles. The highest BCUT2D eigenvalue weighted by Crippen LogP contribution is 2.35. The molecular weight excluding hydrogens is 400 g/mol. The summed E-state index contributed by atoms with van der Waals surface area (Å²) in [6.07, 6.45) is 3.27. The van der Waals surface area contributed by atoms with Crippen molar-refractivity contribution in [3.8, 4) is 0 Å². The standard InChI is InChI=1S/C22H34N4O3S/c1-21(2,3)13-19-25-17-12-16(8-9-18(17)26(19)14-15-6-7-15)30(28,29)22(4,5)20(27)24-11-10-23/h8-9,12,15H,6-7,10-11,13-14,23H2,1-5H3,(H,24,27). The molecule has 1 fully saturated rings. The number of benzene rings is 1. The molecule has 1 aromatic heterocycles. The Morgan fingerprint density at radius 2 is 1.90 bits per heavy atom. The van der Waals surface area contributed by atoms with E-state index in [4.69, 9.17) is 10.7 Å². The number of nitrogens with two attached hydrogens (primary N) is 1. The predicted octanol–water partition coefficient (Wildman–Crippen LogP) is 2.66. The monoisotopic (exact) mass is 434 g/mol. The normalized spacial score (nSPS) is 15.5. The third kappa shape index (κ3) is 4.54. The van der Waals surface area contributed by atoms with E-state index in [1.165, 1.54) is 26.7 Å². The zero-order chi connectivity index (χ0) is 22.3. The smallest absolute Gasteiger partial charge is 0.241 e. The summed E-state index contributed by atoms with van der Waals surface area (Å²) in [7, 11) is -3.91. The number of hydrogen-bond donors (Lipinski definition) is 2. The van der Waals surface area contributed by atoms with E-state index in [0.717, 1.165) is 24.3 Å². The molecule has 1 aliphatic carbocycles. The van der Waals surface area contributed by atoms with Crippen molar-refractivity contribution in [1.82, 2.24) is 14.9 Å². The van der Waals surface area contributed by atoms with Crippen LogP contribution in [0.2, 0.25) is 0 Å². The Morgan fingerprint density at radius 1 is 1.23 bits per heavy atom. The largest absolute Gasteiger partial charge is 0.353 e. The summed E-state index contributed by atoms with van der Waals surface area (Å²) in [5.41, 5.74) is 7.11. The minimum Gasteiger partial charge on any atom is -0.353 e. The van der Waals surface area contributed by atoms with Gasteiger partial charge in [-0.15, -0.1) is 0 Å². The molecule has 1 saturated carbocycles. The topological polar surface area (TPSA) is 107 Å². The van der Waals surface area contributed by atoms with Crippen LogP contribution in [0.25, 0.3) is 11.0 Å². The van der Waals surface area contributed by atoms with Gasteiger partial charge in [-0.05, 0) is 56.2 Å². The summed E-state index contributed by atoms with van der Waals surface area (Å²) >= 11 is 0. The van der Waals surface area contributed by atoms with Gasteiger partial charge in [-0.3, -0.25) is 4.79 Å². The molecule has 3 N–H and O–H groups in total. The highest BCUT2D eigenvalue weighted by atomic mass is 32.2. The van der Waals surface area contributed by atoms with E-state index >= 15 is 0 Å². The molecule has 30 heavy (non-hydrogen) atoms. The fraction of sp³-hybridized carbons (Fsp3) is 0.636. The zero-order valence-electron chi connectivity index (χ0n) is 18.7. The van der Waals surface area contributed by atoms with Gasteiger partial charge in [-0.1, -0.05) is 20.8 Å². The average molecular weight is 435 g/mol. The van der Waals surface area contributed by atoms with Crippen LogP contribution < -0.4 is 11.1 Å². The minimum absolute atomic E-state index is 0.0701. The molecule has 1 heterocycles. The Hall–Kier alpha value is -1.93. The van der Waals surface area contributed by atoms with Crippen LogP contribution in [0.4, 0.5) is 0 Å². The average Bonchev–Trinajstić information content (AvgIpc) is 3.40. The first-order chi connectivity index (χ1) is 13.9. The molecule has 0 atom stereocenters. The van der Waals surface area contributed by atoms with E-state index in [0.29, 0.717) is 11.4 Å². The molecule has 8 heteroatoms. The summed E-state index contributed by atoms with van der Waals surface area (Å²) in [6, 6.07) is 5.04. The van der Waals surface area contributed by atoms with Gasteiger partial charge in [-0.2, -0.15) is 0 Å². The molecule has 0 spiro atoms.